The molecule has 0 amide bonds. The van der Waals surface area contributed by atoms with Crippen molar-refractivity contribution < 1.29 is 14.6 Å². The van der Waals surface area contributed by atoms with Crippen LogP contribution in [0.4, 0.5) is 0 Å². The fraction of sp³-hybridized carbons (Fsp3) is 0.750. The van der Waals surface area contributed by atoms with Gasteiger partial charge in [-0.25, -0.2) is 9.78 Å². The lowest BCUT2D eigenvalue weighted by atomic mass is 9.85. The summed E-state index contributed by atoms with van der Waals surface area (Å²) in [6.07, 6.45) is 6.09. The zero-order valence-electron chi connectivity index (χ0n) is 13.1. The number of thiazole rings is 1. The molecule has 1 heterocycles. The summed E-state index contributed by atoms with van der Waals surface area (Å²) in [4.78, 5) is 16.6. The van der Waals surface area contributed by atoms with Gasteiger partial charge < -0.3 is 9.84 Å². The van der Waals surface area contributed by atoms with E-state index in [0.29, 0.717) is 23.8 Å². The van der Waals surface area contributed by atoms with E-state index in [0.717, 1.165) is 36.4 Å². The molecule has 1 fully saturated rings. The van der Waals surface area contributed by atoms with Crippen molar-refractivity contribution in [3.63, 3.8) is 0 Å². The van der Waals surface area contributed by atoms with E-state index in [1.807, 2.05) is 6.92 Å². The highest BCUT2D eigenvalue weighted by Crippen LogP contribution is 2.43. The molecule has 0 aliphatic heterocycles. The van der Waals surface area contributed by atoms with Crippen molar-refractivity contribution in [2.24, 2.45) is 5.92 Å². The molecule has 1 aromatic heterocycles. The van der Waals surface area contributed by atoms with Gasteiger partial charge in [0.05, 0.1) is 5.69 Å². The van der Waals surface area contributed by atoms with Gasteiger partial charge in [0.2, 0.25) is 0 Å². The molecule has 1 aromatic rings. The van der Waals surface area contributed by atoms with Crippen molar-refractivity contribution in [2.45, 2.75) is 64.9 Å². The third-order valence-electron chi connectivity index (χ3n) is 3.96. The highest BCUT2D eigenvalue weighted by atomic mass is 32.1. The molecule has 0 saturated heterocycles. The molecule has 118 valence electrons. The van der Waals surface area contributed by atoms with Crippen LogP contribution in [0.5, 0.6) is 0 Å². The Bertz CT molecular complexity index is 484. The second-order valence-electron chi connectivity index (χ2n) is 6.19. The summed E-state index contributed by atoms with van der Waals surface area (Å²) < 4.78 is 6.06. The summed E-state index contributed by atoms with van der Waals surface area (Å²) >= 11 is 1.32. The number of carboxylic acid groups (broad SMARTS) is 1. The van der Waals surface area contributed by atoms with Gasteiger partial charge in [-0.15, -0.1) is 11.3 Å². The van der Waals surface area contributed by atoms with Crippen LogP contribution in [0.15, 0.2) is 0 Å². The molecule has 1 aliphatic rings. The fourth-order valence-corrected chi connectivity index (χ4v) is 4.19. The molecule has 21 heavy (non-hydrogen) atoms. The van der Waals surface area contributed by atoms with Crippen LogP contribution in [-0.4, -0.2) is 22.7 Å². The van der Waals surface area contributed by atoms with Gasteiger partial charge in [-0.1, -0.05) is 33.1 Å². The van der Waals surface area contributed by atoms with Crippen molar-refractivity contribution in [3.05, 3.63) is 15.6 Å². The molecule has 1 saturated carbocycles. The number of aromatic nitrogens is 1. The van der Waals surface area contributed by atoms with E-state index < -0.39 is 5.97 Å². The maximum Gasteiger partial charge on any atom is 0.347 e. The van der Waals surface area contributed by atoms with Crippen molar-refractivity contribution in [3.8, 4) is 0 Å². The second kappa shape index (κ2) is 6.88. The molecule has 4 nitrogen and oxygen atoms in total. The Morgan fingerprint density at radius 1 is 1.38 bits per heavy atom. The van der Waals surface area contributed by atoms with E-state index in [4.69, 9.17) is 9.72 Å². The first-order valence-corrected chi connectivity index (χ1v) is 8.67. The van der Waals surface area contributed by atoms with Gasteiger partial charge in [-0.05, 0) is 32.1 Å². The molecular formula is C16H25NO3S. The quantitative estimate of drug-likeness (QED) is 0.854. The van der Waals surface area contributed by atoms with E-state index in [9.17, 15) is 9.90 Å². The molecule has 0 atom stereocenters. The normalized spacial score (nSPS) is 18.1. The van der Waals surface area contributed by atoms with Gasteiger partial charge in [0, 0.05) is 6.61 Å². The number of carboxylic acids is 1. The third kappa shape index (κ3) is 3.64. The lowest BCUT2D eigenvalue weighted by Gasteiger charge is -2.35. The van der Waals surface area contributed by atoms with Crippen LogP contribution in [-0.2, 0) is 16.8 Å². The molecular weight excluding hydrogens is 286 g/mol. The number of nitrogens with zero attached hydrogens (tertiary/aromatic N) is 1. The molecule has 0 bridgehead atoms. The molecule has 5 heteroatoms. The van der Waals surface area contributed by atoms with Gasteiger partial charge in [-0.3, -0.25) is 0 Å². The zero-order chi connectivity index (χ0) is 15.5. The minimum Gasteiger partial charge on any atom is -0.477 e. The lowest BCUT2D eigenvalue weighted by Crippen LogP contribution is -2.32. The summed E-state index contributed by atoms with van der Waals surface area (Å²) in [5.74, 6) is -0.468. The second-order valence-corrected chi connectivity index (χ2v) is 7.18. The smallest absolute Gasteiger partial charge is 0.347 e. The van der Waals surface area contributed by atoms with E-state index in [-0.39, 0.29) is 5.60 Å². The third-order valence-corrected chi connectivity index (χ3v) is 5.24. The number of rotatable bonds is 6. The van der Waals surface area contributed by atoms with Crippen LogP contribution < -0.4 is 0 Å². The topological polar surface area (TPSA) is 59.4 Å². The average Bonchev–Trinajstić information content (AvgIpc) is 2.84. The molecule has 1 N–H and O–H groups in total. The Hall–Kier alpha value is -0.940. The molecule has 0 radical (unpaired) electrons. The van der Waals surface area contributed by atoms with Crippen LogP contribution >= 0.6 is 11.3 Å². The molecule has 2 rings (SSSR count). The predicted octanol–water partition coefficient (Wildman–Crippen LogP) is 4.24. The fourth-order valence-electron chi connectivity index (χ4n) is 3.06. The van der Waals surface area contributed by atoms with E-state index >= 15 is 0 Å². The minimum atomic E-state index is -0.864. The van der Waals surface area contributed by atoms with E-state index in [2.05, 4.69) is 13.8 Å². The molecule has 0 spiro atoms. The number of hydrogen-bond acceptors (Lipinski definition) is 4. The Labute approximate surface area is 130 Å². The SMILES string of the molecule is CCOC1(c2nc(CC(C)C)c(C(=O)O)s2)CCCCC1. The Balaban J connectivity index is 2.38. The van der Waals surface area contributed by atoms with Crippen LogP contribution in [0.2, 0.25) is 0 Å². The van der Waals surface area contributed by atoms with Crippen LogP contribution in [0.3, 0.4) is 0 Å². The van der Waals surface area contributed by atoms with Gasteiger partial charge in [0.1, 0.15) is 15.5 Å². The maximum atomic E-state index is 11.5. The van der Waals surface area contributed by atoms with Crippen molar-refractivity contribution in [2.75, 3.05) is 6.61 Å². The largest absolute Gasteiger partial charge is 0.477 e. The summed E-state index contributed by atoms with van der Waals surface area (Å²) in [6, 6.07) is 0. The zero-order valence-corrected chi connectivity index (χ0v) is 14.0. The number of aromatic carboxylic acids is 1. The van der Waals surface area contributed by atoms with Gasteiger partial charge in [0.25, 0.3) is 0 Å². The monoisotopic (exact) mass is 311 g/mol. The van der Waals surface area contributed by atoms with Crippen molar-refractivity contribution in [1.29, 1.82) is 0 Å². The summed E-state index contributed by atoms with van der Waals surface area (Å²) in [6.45, 7) is 6.81. The highest BCUT2D eigenvalue weighted by Gasteiger charge is 2.38. The highest BCUT2D eigenvalue weighted by molar-refractivity contribution is 7.13. The van der Waals surface area contributed by atoms with Crippen LogP contribution in [0.25, 0.3) is 0 Å². The van der Waals surface area contributed by atoms with E-state index in [1.165, 1.54) is 17.8 Å². The average molecular weight is 311 g/mol. The van der Waals surface area contributed by atoms with Crippen molar-refractivity contribution >= 4 is 17.3 Å². The first kappa shape index (κ1) is 16.4. The van der Waals surface area contributed by atoms with Gasteiger partial charge >= 0.3 is 5.97 Å². The lowest BCUT2D eigenvalue weighted by molar-refractivity contribution is -0.0705. The number of hydrogen-bond donors (Lipinski definition) is 1. The number of carbonyl (C=O) groups is 1. The maximum absolute atomic E-state index is 11.5. The predicted molar refractivity (Wildman–Crippen MR) is 84.0 cm³/mol. The van der Waals surface area contributed by atoms with Crippen LogP contribution in [0, 0.1) is 5.92 Å². The molecule has 0 aromatic carbocycles. The van der Waals surface area contributed by atoms with E-state index in [1.54, 1.807) is 0 Å². The van der Waals surface area contributed by atoms with Crippen LogP contribution in [0.1, 0.15) is 73.2 Å². The first-order chi connectivity index (χ1) is 9.98. The van der Waals surface area contributed by atoms with Gasteiger partial charge in [-0.2, -0.15) is 0 Å². The number of ether oxygens (including phenoxy) is 1. The first-order valence-electron chi connectivity index (χ1n) is 7.86. The minimum absolute atomic E-state index is 0.350. The standard InChI is InChI=1S/C16H25NO3S/c1-4-20-16(8-6-5-7-9-16)15-17-12(10-11(2)3)13(21-15)14(18)19/h11H,4-10H2,1-3H3,(H,18,19). The Morgan fingerprint density at radius 2 is 2.05 bits per heavy atom. The summed E-state index contributed by atoms with van der Waals surface area (Å²) in [5.41, 5.74) is 0.374. The van der Waals surface area contributed by atoms with Gasteiger partial charge in [0.15, 0.2) is 0 Å². The van der Waals surface area contributed by atoms with Crippen molar-refractivity contribution in [1.82, 2.24) is 4.98 Å². The summed E-state index contributed by atoms with van der Waals surface area (Å²) in [5, 5.41) is 10.3. The Kier molecular flexibility index (Phi) is 5.38. The molecule has 1 aliphatic carbocycles. The summed E-state index contributed by atoms with van der Waals surface area (Å²) in [7, 11) is 0. The molecule has 0 unspecified atom stereocenters. The Morgan fingerprint density at radius 3 is 2.57 bits per heavy atom.